The van der Waals surface area contributed by atoms with Crippen LogP contribution in [-0.4, -0.2) is 24.2 Å². The third-order valence-electron chi connectivity index (χ3n) is 3.21. The van der Waals surface area contributed by atoms with Crippen molar-refractivity contribution in [1.29, 1.82) is 0 Å². The van der Waals surface area contributed by atoms with Crippen molar-refractivity contribution < 1.29 is 19.4 Å². The summed E-state index contributed by atoms with van der Waals surface area (Å²) in [4.78, 5) is 12.4. The Kier molecular flexibility index (Phi) is 3.39. The Morgan fingerprint density at radius 3 is 2.81 bits per heavy atom. The first kappa shape index (κ1) is 13.3. The largest absolute Gasteiger partial charge is 0.506 e. The lowest BCUT2D eigenvalue weighted by Crippen LogP contribution is -2.20. The van der Waals surface area contributed by atoms with Gasteiger partial charge in [-0.3, -0.25) is 4.79 Å². The molecule has 0 saturated heterocycles. The number of nitrogens with one attached hydrogen (secondary N) is 1. The van der Waals surface area contributed by atoms with E-state index in [1.165, 1.54) is 0 Å². The molecule has 0 aliphatic carbocycles. The van der Waals surface area contributed by atoms with Crippen molar-refractivity contribution in [2.75, 3.05) is 18.5 Å². The third kappa shape index (κ3) is 2.63. The Balaban J connectivity index is 1.89. The zero-order valence-electron chi connectivity index (χ0n) is 11.6. The molecule has 0 saturated carbocycles. The predicted molar refractivity (Wildman–Crippen MR) is 78.2 cm³/mol. The highest BCUT2D eigenvalue weighted by Gasteiger charge is 2.20. The number of ether oxygens (including phenoxy) is 2. The topological polar surface area (TPSA) is 67.8 Å². The second kappa shape index (κ2) is 5.36. The number of rotatable bonds is 2. The van der Waals surface area contributed by atoms with Gasteiger partial charge in [-0.2, -0.15) is 0 Å². The van der Waals surface area contributed by atoms with Crippen LogP contribution in [0.3, 0.4) is 0 Å². The van der Waals surface area contributed by atoms with Gasteiger partial charge < -0.3 is 19.9 Å². The van der Waals surface area contributed by atoms with Gasteiger partial charge in [0.25, 0.3) is 5.91 Å². The van der Waals surface area contributed by atoms with E-state index in [0.717, 1.165) is 5.56 Å². The second-order valence-corrected chi connectivity index (χ2v) is 4.80. The van der Waals surface area contributed by atoms with Crippen molar-refractivity contribution >= 4 is 11.6 Å². The molecule has 1 heterocycles. The zero-order chi connectivity index (χ0) is 14.8. The molecule has 0 bridgehead atoms. The number of fused-ring (bicyclic) bond motifs is 1. The maximum Gasteiger partial charge on any atom is 0.259 e. The summed E-state index contributed by atoms with van der Waals surface area (Å²) in [6.45, 7) is 2.74. The van der Waals surface area contributed by atoms with Crippen molar-refractivity contribution in [2.24, 2.45) is 0 Å². The van der Waals surface area contributed by atoms with E-state index in [4.69, 9.17) is 9.47 Å². The average molecular weight is 285 g/mol. The van der Waals surface area contributed by atoms with E-state index >= 15 is 0 Å². The van der Waals surface area contributed by atoms with Gasteiger partial charge in [0.15, 0.2) is 11.5 Å². The number of para-hydroxylation sites is 1. The van der Waals surface area contributed by atoms with Gasteiger partial charge in [0.05, 0.1) is 11.3 Å². The van der Waals surface area contributed by atoms with Gasteiger partial charge in [0.1, 0.15) is 19.0 Å². The fourth-order valence-electron chi connectivity index (χ4n) is 2.19. The molecule has 0 radical (unpaired) electrons. The minimum atomic E-state index is -0.350. The maximum absolute atomic E-state index is 12.4. The first-order chi connectivity index (χ1) is 10.1. The molecular formula is C16H15NO4. The first-order valence-corrected chi connectivity index (χ1v) is 6.65. The quantitative estimate of drug-likeness (QED) is 0.832. The highest BCUT2D eigenvalue weighted by atomic mass is 16.6. The summed E-state index contributed by atoms with van der Waals surface area (Å²) >= 11 is 0. The fraction of sp³-hybridized carbons (Fsp3) is 0.188. The molecule has 1 aliphatic rings. The van der Waals surface area contributed by atoms with Crippen molar-refractivity contribution in [2.45, 2.75) is 6.92 Å². The number of hydrogen-bond donors (Lipinski definition) is 2. The lowest BCUT2D eigenvalue weighted by Gasteiger charge is -2.20. The summed E-state index contributed by atoms with van der Waals surface area (Å²) in [6.07, 6.45) is 0. The Morgan fingerprint density at radius 1 is 1.19 bits per heavy atom. The molecular weight excluding hydrogens is 270 g/mol. The highest BCUT2D eigenvalue weighted by molar-refractivity contribution is 6.07. The molecule has 3 rings (SSSR count). The lowest BCUT2D eigenvalue weighted by molar-refractivity contribution is 0.101. The number of anilines is 1. The number of aromatic hydroxyl groups is 1. The van der Waals surface area contributed by atoms with Crippen molar-refractivity contribution in [3.8, 4) is 17.2 Å². The van der Waals surface area contributed by atoms with E-state index in [1.54, 1.807) is 30.3 Å². The van der Waals surface area contributed by atoms with Crippen LogP contribution in [-0.2, 0) is 0 Å². The Morgan fingerprint density at radius 2 is 2.00 bits per heavy atom. The smallest absolute Gasteiger partial charge is 0.259 e. The molecule has 2 aromatic rings. The normalized spacial score (nSPS) is 12.8. The Hall–Kier alpha value is -2.69. The molecule has 1 amide bonds. The molecule has 5 heteroatoms. The number of hydrogen-bond acceptors (Lipinski definition) is 4. The van der Waals surface area contributed by atoms with Crippen LogP contribution in [0.25, 0.3) is 0 Å². The molecule has 0 aromatic heterocycles. The predicted octanol–water partition coefficient (Wildman–Crippen LogP) is 2.72. The average Bonchev–Trinajstić information content (AvgIpc) is 2.49. The van der Waals surface area contributed by atoms with E-state index in [1.807, 2.05) is 13.0 Å². The molecule has 108 valence electrons. The third-order valence-corrected chi connectivity index (χ3v) is 3.21. The standard InChI is InChI=1S/C16H15NO4/c1-10-5-6-12(13(18)9-10)17-16(19)11-3-2-4-14-15(11)21-8-7-20-14/h2-6,9,18H,7-8H2,1H3,(H,17,19). The van der Waals surface area contributed by atoms with Gasteiger partial charge in [0.2, 0.25) is 0 Å². The van der Waals surface area contributed by atoms with Crippen molar-refractivity contribution in [3.05, 3.63) is 47.5 Å². The number of carbonyl (C=O) groups is 1. The van der Waals surface area contributed by atoms with E-state index in [2.05, 4.69) is 5.32 Å². The van der Waals surface area contributed by atoms with Crippen LogP contribution in [0.4, 0.5) is 5.69 Å². The van der Waals surface area contributed by atoms with E-state index in [9.17, 15) is 9.90 Å². The van der Waals surface area contributed by atoms with Crippen LogP contribution in [0.1, 0.15) is 15.9 Å². The van der Waals surface area contributed by atoms with Crippen molar-refractivity contribution in [1.82, 2.24) is 0 Å². The number of carbonyl (C=O) groups excluding carboxylic acids is 1. The molecule has 0 spiro atoms. The van der Waals surface area contributed by atoms with Crippen LogP contribution >= 0.6 is 0 Å². The molecule has 2 aromatic carbocycles. The summed E-state index contributed by atoms with van der Waals surface area (Å²) in [7, 11) is 0. The monoisotopic (exact) mass is 285 g/mol. The summed E-state index contributed by atoms with van der Waals surface area (Å²) in [6, 6.07) is 10.2. The number of amides is 1. The van der Waals surface area contributed by atoms with E-state index in [-0.39, 0.29) is 11.7 Å². The second-order valence-electron chi connectivity index (χ2n) is 4.80. The molecule has 1 aliphatic heterocycles. The highest BCUT2D eigenvalue weighted by Crippen LogP contribution is 2.34. The van der Waals surface area contributed by atoms with E-state index < -0.39 is 0 Å². The van der Waals surface area contributed by atoms with Crippen LogP contribution in [0, 0.1) is 6.92 Å². The summed E-state index contributed by atoms with van der Waals surface area (Å²) in [5.74, 6) is 0.677. The minimum Gasteiger partial charge on any atom is -0.506 e. The van der Waals surface area contributed by atoms with Crippen molar-refractivity contribution in [3.63, 3.8) is 0 Å². The van der Waals surface area contributed by atoms with Gasteiger partial charge in [0, 0.05) is 0 Å². The molecule has 0 unspecified atom stereocenters. The number of benzene rings is 2. The number of phenols is 1. The Bertz CT molecular complexity index is 697. The summed E-state index contributed by atoms with van der Waals surface area (Å²) in [5.41, 5.74) is 1.66. The minimum absolute atomic E-state index is 0.0327. The fourth-order valence-corrected chi connectivity index (χ4v) is 2.19. The van der Waals surface area contributed by atoms with Gasteiger partial charge in [-0.1, -0.05) is 12.1 Å². The molecule has 0 atom stereocenters. The maximum atomic E-state index is 12.4. The lowest BCUT2D eigenvalue weighted by atomic mass is 10.1. The molecule has 5 nitrogen and oxygen atoms in total. The van der Waals surface area contributed by atoms with Crippen LogP contribution < -0.4 is 14.8 Å². The Labute approximate surface area is 122 Å². The van der Waals surface area contributed by atoms with Crippen LogP contribution in [0.15, 0.2) is 36.4 Å². The zero-order valence-corrected chi connectivity index (χ0v) is 11.6. The van der Waals surface area contributed by atoms with Gasteiger partial charge >= 0.3 is 0 Å². The van der Waals surface area contributed by atoms with Gasteiger partial charge in [-0.05, 0) is 36.8 Å². The van der Waals surface area contributed by atoms with Gasteiger partial charge in [-0.25, -0.2) is 0 Å². The number of aryl methyl sites for hydroxylation is 1. The molecule has 2 N–H and O–H groups in total. The van der Waals surface area contributed by atoms with E-state index in [0.29, 0.717) is 36.0 Å². The van der Waals surface area contributed by atoms with Gasteiger partial charge in [-0.15, -0.1) is 0 Å². The van der Waals surface area contributed by atoms with Crippen LogP contribution in [0.5, 0.6) is 17.2 Å². The first-order valence-electron chi connectivity index (χ1n) is 6.65. The SMILES string of the molecule is Cc1ccc(NC(=O)c2cccc3c2OCCO3)c(O)c1. The molecule has 21 heavy (non-hydrogen) atoms. The summed E-state index contributed by atoms with van der Waals surface area (Å²) < 4.78 is 11.0. The molecule has 0 fully saturated rings. The number of phenolic OH excluding ortho intramolecular Hbond substituents is 1. The van der Waals surface area contributed by atoms with Crippen LogP contribution in [0.2, 0.25) is 0 Å². The summed E-state index contributed by atoms with van der Waals surface area (Å²) in [5, 5.41) is 12.5.